The van der Waals surface area contributed by atoms with Crippen LogP contribution in [0.5, 0.6) is 5.75 Å². The highest BCUT2D eigenvalue weighted by Crippen LogP contribution is 2.42. The van der Waals surface area contributed by atoms with Crippen molar-refractivity contribution in [2.45, 2.75) is 19.3 Å². The van der Waals surface area contributed by atoms with Crippen LogP contribution in [0.4, 0.5) is 4.39 Å². The van der Waals surface area contributed by atoms with Crippen LogP contribution in [0.15, 0.2) is 24.3 Å². The molecule has 1 aliphatic carbocycles. The van der Waals surface area contributed by atoms with Gasteiger partial charge < -0.3 is 4.74 Å². The molecule has 1 aliphatic rings. The molecule has 1 nitrogen and oxygen atoms in total. The van der Waals surface area contributed by atoms with Crippen molar-refractivity contribution < 1.29 is 9.13 Å². The first-order valence-corrected chi connectivity index (χ1v) is 5.87. The summed E-state index contributed by atoms with van der Waals surface area (Å²) >= 11 is 4.33. The number of rotatable bonds is 4. The summed E-state index contributed by atoms with van der Waals surface area (Å²) in [4.78, 5) is 0. The maximum Gasteiger partial charge on any atom is 0.165 e. The molecule has 0 N–H and O–H groups in total. The van der Waals surface area contributed by atoms with Gasteiger partial charge in [0.1, 0.15) is 0 Å². The molecule has 0 atom stereocenters. The Labute approximate surface area is 95.0 Å². The highest BCUT2D eigenvalue weighted by atomic mass is 32.1. The van der Waals surface area contributed by atoms with Gasteiger partial charge in [0.05, 0.1) is 6.61 Å². The van der Waals surface area contributed by atoms with Gasteiger partial charge >= 0.3 is 0 Å². The Kier molecular flexibility index (Phi) is 3.19. The molecule has 15 heavy (non-hydrogen) atoms. The quantitative estimate of drug-likeness (QED) is 0.775. The van der Waals surface area contributed by atoms with E-state index in [2.05, 4.69) is 12.6 Å². The fourth-order valence-corrected chi connectivity index (χ4v) is 2.23. The SMILES string of the molecule is Fc1ccccc1OCC1(CS)CCC1. The van der Waals surface area contributed by atoms with Crippen molar-refractivity contribution in [3.05, 3.63) is 30.1 Å². The van der Waals surface area contributed by atoms with Crippen LogP contribution in [0.25, 0.3) is 0 Å². The average Bonchev–Trinajstić information content (AvgIpc) is 2.19. The maximum absolute atomic E-state index is 13.2. The Balaban J connectivity index is 1.95. The highest BCUT2D eigenvalue weighted by Gasteiger charge is 2.36. The summed E-state index contributed by atoms with van der Waals surface area (Å²) in [6, 6.07) is 6.54. The van der Waals surface area contributed by atoms with Gasteiger partial charge in [-0.3, -0.25) is 0 Å². The lowest BCUT2D eigenvalue weighted by atomic mass is 9.71. The average molecular weight is 226 g/mol. The number of ether oxygens (including phenoxy) is 1. The number of hydrogen-bond donors (Lipinski definition) is 1. The van der Waals surface area contributed by atoms with Crippen LogP contribution in [0.2, 0.25) is 0 Å². The lowest BCUT2D eigenvalue weighted by Crippen LogP contribution is -2.37. The van der Waals surface area contributed by atoms with E-state index in [1.165, 1.54) is 12.5 Å². The second-order valence-electron chi connectivity index (χ2n) is 4.23. The van der Waals surface area contributed by atoms with Crippen molar-refractivity contribution in [1.29, 1.82) is 0 Å². The third-order valence-corrected chi connectivity index (χ3v) is 3.79. The van der Waals surface area contributed by atoms with E-state index in [1.807, 2.05) is 0 Å². The molecule has 0 aliphatic heterocycles. The third-order valence-electron chi connectivity index (χ3n) is 3.12. The standard InChI is InChI=1S/C12H15FOS/c13-10-4-1-2-5-11(10)14-8-12(9-15)6-3-7-12/h1-2,4-5,15H,3,6-9H2. The van der Waals surface area contributed by atoms with Gasteiger partial charge in [0.2, 0.25) is 0 Å². The first-order valence-electron chi connectivity index (χ1n) is 5.24. The van der Waals surface area contributed by atoms with Crippen LogP contribution in [0.3, 0.4) is 0 Å². The molecule has 0 radical (unpaired) electrons. The molecule has 1 aromatic carbocycles. The largest absolute Gasteiger partial charge is 0.490 e. The predicted octanol–water partition coefficient (Wildman–Crippen LogP) is 3.30. The first kappa shape index (κ1) is 10.8. The van der Waals surface area contributed by atoms with Gasteiger partial charge in [0.15, 0.2) is 11.6 Å². The first-order chi connectivity index (χ1) is 7.26. The summed E-state index contributed by atoms with van der Waals surface area (Å²) in [7, 11) is 0. The minimum atomic E-state index is -0.286. The maximum atomic E-state index is 13.2. The summed E-state index contributed by atoms with van der Waals surface area (Å²) < 4.78 is 18.8. The van der Waals surface area contributed by atoms with Gasteiger partial charge in [-0.2, -0.15) is 12.6 Å². The van der Waals surface area contributed by atoms with Crippen molar-refractivity contribution >= 4 is 12.6 Å². The number of hydrogen-bond acceptors (Lipinski definition) is 2. The van der Waals surface area contributed by atoms with Crippen LogP contribution in [0.1, 0.15) is 19.3 Å². The van der Waals surface area contributed by atoms with Crippen LogP contribution < -0.4 is 4.74 Å². The smallest absolute Gasteiger partial charge is 0.165 e. The summed E-state index contributed by atoms with van der Waals surface area (Å²) in [5.41, 5.74) is 0.186. The normalized spacial score (nSPS) is 18.3. The van der Waals surface area contributed by atoms with Crippen molar-refractivity contribution in [1.82, 2.24) is 0 Å². The second-order valence-corrected chi connectivity index (χ2v) is 4.55. The highest BCUT2D eigenvalue weighted by molar-refractivity contribution is 7.80. The van der Waals surface area contributed by atoms with Gasteiger partial charge in [0.25, 0.3) is 0 Å². The second kappa shape index (κ2) is 4.44. The lowest BCUT2D eigenvalue weighted by molar-refractivity contribution is 0.0805. The van der Waals surface area contributed by atoms with E-state index in [-0.39, 0.29) is 11.2 Å². The van der Waals surface area contributed by atoms with E-state index < -0.39 is 0 Å². The monoisotopic (exact) mass is 226 g/mol. The van der Waals surface area contributed by atoms with Crippen LogP contribution in [-0.2, 0) is 0 Å². The van der Waals surface area contributed by atoms with Crippen LogP contribution in [0, 0.1) is 11.2 Å². The zero-order valence-corrected chi connectivity index (χ0v) is 9.47. The fraction of sp³-hybridized carbons (Fsp3) is 0.500. The Bertz CT molecular complexity index is 331. The van der Waals surface area contributed by atoms with E-state index in [0.717, 1.165) is 18.6 Å². The van der Waals surface area contributed by atoms with Gasteiger partial charge in [-0.15, -0.1) is 0 Å². The number of thiol groups is 1. The van der Waals surface area contributed by atoms with Crippen LogP contribution in [-0.4, -0.2) is 12.4 Å². The number of benzene rings is 1. The van der Waals surface area contributed by atoms with E-state index >= 15 is 0 Å². The molecule has 1 fully saturated rings. The van der Waals surface area contributed by atoms with Gasteiger partial charge in [0, 0.05) is 5.41 Å². The number of halogens is 1. The zero-order chi connectivity index (χ0) is 10.7. The van der Waals surface area contributed by atoms with Crippen LogP contribution >= 0.6 is 12.6 Å². The van der Waals surface area contributed by atoms with Crippen molar-refractivity contribution in [3.63, 3.8) is 0 Å². The molecule has 0 heterocycles. The molecule has 2 rings (SSSR count). The topological polar surface area (TPSA) is 9.23 Å². The summed E-state index contributed by atoms with van der Waals surface area (Å²) in [6.45, 7) is 0.581. The molecule has 0 unspecified atom stereocenters. The molecular weight excluding hydrogens is 211 g/mol. The van der Waals surface area contributed by atoms with E-state index in [9.17, 15) is 4.39 Å². The number of para-hydroxylation sites is 1. The summed E-state index contributed by atoms with van der Waals surface area (Å²) in [5, 5.41) is 0. The molecule has 1 saturated carbocycles. The Morgan fingerprint density at radius 2 is 2.07 bits per heavy atom. The minimum absolute atomic E-state index is 0.186. The Morgan fingerprint density at radius 1 is 1.33 bits per heavy atom. The Morgan fingerprint density at radius 3 is 2.60 bits per heavy atom. The third kappa shape index (κ3) is 2.28. The molecule has 0 aromatic heterocycles. The van der Waals surface area contributed by atoms with Crippen molar-refractivity contribution in [2.75, 3.05) is 12.4 Å². The molecule has 3 heteroatoms. The van der Waals surface area contributed by atoms with E-state index in [1.54, 1.807) is 18.2 Å². The fourth-order valence-electron chi connectivity index (χ4n) is 1.82. The van der Waals surface area contributed by atoms with Crippen molar-refractivity contribution in [2.24, 2.45) is 5.41 Å². The molecule has 0 amide bonds. The van der Waals surface area contributed by atoms with Gasteiger partial charge in [-0.05, 0) is 30.7 Å². The minimum Gasteiger partial charge on any atom is -0.490 e. The molecule has 0 spiro atoms. The van der Waals surface area contributed by atoms with Crippen molar-refractivity contribution in [3.8, 4) is 5.75 Å². The molecular formula is C12H15FOS. The van der Waals surface area contributed by atoms with E-state index in [0.29, 0.717) is 12.4 Å². The Hall–Kier alpha value is -0.700. The summed E-state index contributed by atoms with van der Waals surface area (Å²) in [5.74, 6) is 0.887. The van der Waals surface area contributed by atoms with Gasteiger partial charge in [-0.25, -0.2) is 4.39 Å². The zero-order valence-electron chi connectivity index (χ0n) is 8.58. The predicted molar refractivity (Wildman–Crippen MR) is 62.0 cm³/mol. The van der Waals surface area contributed by atoms with E-state index in [4.69, 9.17) is 4.74 Å². The molecule has 0 bridgehead atoms. The van der Waals surface area contributed by atoms with Gasteiger partial charge in [-0.1, -0.05) is 18.6 Å². The molecule has 82 valence electrons. The summed E-state index contributed by atoms with van der Waals surface area (Å²) in [6.07, 6.45) is 3.52. The molecule has 0 saturated heterocycles. The lowest BCUT2D eigenvalue weighted by Gasteiger charge is -2.40. The molecule has 1 aromatic rings.